The van der Waals surface area contributed by atoms with E-state index >= 15 is 0 Å². The summed E-state index contributed by atoms with van der Waals surface area (Å²) in [6.45, 7) is 4.45. The van der Waals surface area contributed by atoms with E-state index in [2.05, 4.69) is 54.7 Å². The van der Waals surface area contributed by atoms with Gasteiger partial charge >= 0.3 is 0 Å². The Balaban J connectivity index is 1.86. The lowest BCUT2D eigenvalue weighted by atomic mass is 9.87. The van der Waals surface area contributed by atoms with E-state index in [-0.39, 0.29) is 0 Å². The monoisotopic (exact) mass is 253 g/mol. The highest BCUT2D eigenvalue weighted by atomic mass is 14.8. The molecule has 1 fully saturated rings. The van der Waals surface area contributed by atoms with Crippen LogP contribution < -0.4 is 5.32 Å². The molecule has 1 aliphatic rings. The third-order valence-corrected chi connectivity index (χ3v) is 4.52. The fourth-order valence-electron chi connectivity index (χ4n) is 3.49. The molecule has 0 radical (unpaired) electrons. The van der Waals surface area contributed by atoms with Gasteiger partial charge in [0, 0.05) is 0 Å². The quantitative estimate of drug-likeness (QED) is 0.855. The summed E-state index contributed by atoms with van der Waals surface area (Å²) in [4.78, 5) is 0. The minimum absolute atomic E-state index is 0.753. The van der Waals surface area contributed by atoms with E-state index in [1.165, 1.54) is 36.6 Å². The second-order valence-electron chi connectivity index (χ2n) is 5.71. The molecule has 1 nitrogen and oxygen atoms in total. The van der Waals surface area contributed by atoms with Crippen molar-refractivity contribution in [3.8, 4) is 0 Å². The van der Waals surface area contributed by atoms with Crippen molar-refractivity contribution in [2.24, 2.45) is 5.92 Å². The number of nitrogens with one attached hydrogen (secondary N) is 1. The second kappa shape index (κ2) is 5.75. The van der Waals surface area contributed by atoms with Crippen LogP contribution in [0.25, 0.3) is 10.8 Å². The first kappa shape index (κ1) is 12.7. The van der Waals surface area contributed by atoms with Crippen LogP contribution in [0.3, 0.4) is 0 Å². The second-order valence-corrected chi connectivity index (χ2v) is 5.71. The van der Waals surface area contributed by atoms with Crippen LogP contribution in [0.1, 0.15) is 37.7 Å². The van der Waals surface area contributed by atoms with Crippen LogP contribution in [-0.2, 0) is 0 Å². The van der Waals surface area contributed by atoms with Gasteiger partial charge in [0.05, 0.1) is 0 Å². The molecule has 0 spiro atoms. The smallest absolute Gasteiger partial charge is 0.00148 e. The largest absolute Gasteiger partial charge is 0.317 e. The number of hydrogen-bond donors (Lipinski definition) is 1. The molecule has 19 heavy (non-hydrogen) atoms. The van der Waals surface area contributed by atoms with Gasteiger partial charge in [0.15, 0.2) is 0 Å². The molecule has 2 unspecified atom stereocenters. The van der Waals surface area contributed by atoms with Crippen LogP contribution in [0.5, 0.6) is 0 Å². The van der Waals surface area contributed by atoms with Crippen molar-refractivity contribution in [2.75, 3.05) is 13.1 Å². The Kier molecular flexibility index (Phi) is 3.84. The van der Waals surface area contributed by atoms with Crippen molar-refractivity contribution in [3.05, 3.63) is 48.0 Å². The minimum Gasteiger partial charge on any atom is -0.317 e. The molecule has 100 valence electrons. The van der Waals surface area contributed by atoms with Crippen LogP contribution >= 0.6 is 0 Å². The zero-order chi connectivity index (χ0) is 13.1. The Morgan fingerprint density at radius 2 is 1.89 bits per heavy atom. The summed E-state index contributed by atoms with van der Waals surface area (Å²) in [7, 11) is 0. The standard InChI is InChI=1S/C18H23N/c1-2-19-13-17-8-5-9-18(17)16-11-10-14-6-3-4-7-15(14)12-16/h3-4,6-7,10-12,17-19H,2,5,8-9,13H2,1H3. The summed E-state index contributed by atoms with van der Waals surface area (Å²) in [5.74, 6) is 1.57. The van der Waals surface area contributed by atoms with Crippen LogP contribution in [-0.4, -0.2) is 13.1 Å². The van der Waals surface area contributed by atoms with E-state index in [0.717, 1.165) is 18.4 Å². The minimum atomic E-state index is 0.753. The topological polar surface area (TPSA) is 12.0 Å². The van der Waals surface area contributed by atoms with Crippen molar-refractivity contribution in [1.82, 2.24) is 5.32 Å². The summed E-state index contributed by atoms with van der Waals surface area (Å²) in [5, 5.41) is 6.26. The fourth-order valence-corrected chi connectivity index (χ4v) is 3.49. The van der Waals surface area contributed by atoms with E-state index in [1.54, 1.807) is 5.56 Å². The first-order valence-corrected chi connectivity index (χ1v) is 7.58. The summed E-state index contributed by atoms with van der Waals surface area (Å²) in [6.07, 6.45) is 4.12. The van der Waals surface area contributed by atoms with Crippen molar-refractivity contribution in [2.45, 2.75) is 32.1 Å². The SMILES string of the molecule is CCNCC1CCCC1c1ccc2ccccc2c1. The van der Waals surface area contributed by atoms with Gasteiger partial charge in [0.2, 0.25) is 0 Å². The maximum Gasteiger partial charge on any atom is -0.00148 e. The third-order valence-electron chi connectivity index (χ3n) is 4.52. The molecule has 0 saturated heterocycles. The zero-order valence-electron chi connectivity index (χ0n) is 11.7. The van der Waals surface area contributed by atoms with Gasteiger partial charge in [0.1, 0.15) is 0 Å². The van der Waals surface area contributed by atoms with Gasteiger partial charge in [-0.3, -0.25) is 0 Å². The number of rotatable bonds is 4. The van der Waals surface area contributed by atoms with E-state index in [0.29, 0.717) is 0 Å². The molecular formula is C18H23N. The summed E-state index contributed by atoms with van der Waals surface area (Å²) >= 11 is 0. The van der Waals surface area contributed by atoms with Gasteiger partial charge in [-0.2, -0.15) is 0 Å². The van der Waals surface area contributed by atoms with Crippen molar-refractivity contribution in [3.63, 3.8) is 0 Å². The lowest BCUT2D eigenvalue weighted by Crippen LogP contribution is -2.24. The number of fused-ring (bicyclic) bond motifs is 1. The van der Waals surface area contributed by atoms with E-state index in [9.17, 15) is 0 Å². The van der Waals surface area contributed by atoms with Crippen molar-refractivity contribution < 1.29 is 0 Å². The highest BCUT2D eigenvalue weighted by molar-refractivity contribution is 5.83. The van der Waals surface area contributed by atoms with Gasteiger partial charge in [-0.05, 0) is 54.1 Å². The van der Waals surface area contributed by atoms with Crippen LogP contribution in [0.15, 0.2) is 42.5 Å². The average Bonchev–Trinajstić information content (AvgIpc) is 2.93. The van der Waals surface area contributed by atoms with Gasteiger partial charge in [-0.1, -0.05) is 55.8 Å². The predicted octanol–water partition coefficient (Wildman–Crippen LogP) is 4.33. The van der Waals surface area contributed by atoms with Gasteiger partial charge in [0.25, 0.3) is 0 Å². The summed E-state index contributed by atoms with van der Waals surface area (Å²) in [6, 6.07) is 15.7. The molecule has 1 aliphatic carbocycles. The first-order valence-electron chi connectivity index (χ1n) is 7.58. The molecule has 1 heteroatoms. The maximum absolute atomic E-state index is 3.53. The zero-order valence-corrected chi connectivity index (χ0v) is 11.7. The average molecular weight is 253 g/mol. The molecule has 2 aromatic carbocycles. The Labute approximate surface area is 116 Å². The summed E-state index contributed by atoms with van der Waals surface area (Å²) < 4.78 is 0. The molecular weight excluding hydrogens is 230 g/mol. The highest BCUT2D eigenvalue weighted by Crippen LogP contribution is 2.40. The summed E-state index contributed by atoms with van der Waals surface area (Å²) in [5.41, 5.74) is 1.54. The molecule has 0 bridgehead atoms. The number of hydrogen-bond acceptors (Lipinski definition) is 1. The fraction of sp³-hybridized carbons (Fsp3) is 0.444. The normalized spacial score (nSPS) is 23.0. The highest BCUT2D eigenvalue weighted by Gasteiger charge is 2.28. The Bertz CT molecular complexity index is 546. The van der Waals surface area contributed by atoms with Crippen LogP contribution in [0, 0.1) is 5.92 Å². The molecule has 0 aromatic heterocycles. The van der Waals surface area contributed by atoms with E-state index < -0.39 is 0 Å². The van der Waals surface area contributed by atoms with Gasteiger partial charge in [-0.15, -0.1) is 0 Å². The van der Waals surface area contributed by atoms with Gasteiger partial charge in [-0.25, -0.2) is 0 Å². The van der Waals surface area contributed by atoms with Gasteiger partial charge < -0.3 is 5.32 Å². The molecule has 0 aliphatic heterocycles. The molecule has 2 atom stereocenters. The first-order chi connectivity index (χ1) is 9.38. The Hall–Kier alpha value is -1.34. The van der Waals surface area contributed by atoms with E-state index in [4.69, 9.17) is 0 Å². The lowest BCUT2D eigenvalue weighted by Gasteiger charge is -2.20. The molecule has 2 aromatic rings. The maximum atomic E-state index is 3.53. The Morgan fingerprint density at radius 3 is 2.74 bits per heavy atom. The number of benzene rings is 2. The van der Waals surface area contributed by atoms with Crippen LogP contribution in [0.4, 0.5) is 0 Å². The lowest BCUT2D eigenvalue weighted by molar-refractivity contribution is 0.450. The molecule has 1 N–H and O–H groups in total. The molecule has 1 saturated carbocycles. The Morgan fingerprint density at radius 1 is 1.05 bits per heavy atom. The molecule has 0 amide bonds. The van der Waals surface area contributed by atoms with Crippen molar-refractivity contribution in [1.29, 1.82) is 0 Å². The predicted molar refractivity (Wildman–Crippen MR) is 82.6 cm³/mol. The van der Waals surface area contributed by atoms with Crippen molar-refractivity contribution >= 4 is 10.8 Å². The molecule has 3 rings (SSSR count). The molecule has 0 heterocycles. The van der Waals surface area contributed by atoms with E-state index in [1.807, 2.05) is 0 Å². The third kappa shape index (κ3) is 2.66. The van der Waals surface area contributed by atoms with Crippen LogP contribution in [0.2, 0.25) is 0 Å².